The highest BCUT2D eigenvalue weighted by atomic mass is 19.3. The van der Waals surface area contributed by atoms with E-state index in [9.17, 15) is 18.7 Å². The molecule has 29 heavy (non-hydrogen) atoms. The van der Waals surface area contributed by atoms with Crippen molar-refractivity contribution in [3.63, 3.8) is 0 Å². The third-order valence-electron chi connectivity index (χ3n) is 6.59. The van der Waals surface area contributed by atoms with E-state index >= 15 is 0 Å². The molecular weight excluding hydrogens is 374 g/mol. The highest BCUT2D eigenvalue weighted by Gasteiger charge is 2.41. The van der Waals surface area contributed by atoms with Crippen molar-refractivity contribution in [1.82, 2.24) is 9.55 Å². The Morgan fingerprint density at radius 1 is 1.31 bits per heavy atom. The summed E-state index contributed by atoms with van der Waals surface area (Å²) in [5, 5.41) is 10.4. The van der Waals surface area contributed by atoms with Gasteiger partial charge in [-0.3, -0.25) is 4.79 Å². The van der Waals surface area contributed by atoms with Crippen LogP contribution in [0.5, 0.6) is 0 Å². The molecule has 0 bridgehead atoms. The third kappa shape index (κ3) is 4.23. The van der Waals surface area contributed by atoms with Crippen LogP contribution in [0.1, 0.15) is 82.6 Å². The lowest BCUT2D eigenvalue weighted by molar-refractivity contribution is -0.123. The molecule has 2 fully saturated rings. The predicted octanol–water partition coefficient (Wildman–Crippen LogP) is 5.32. The van der Waals surface area contributed by atoms with Crippen LogP contribution in [0.2, 0.25) is 0 Å². The van der Waals surface area contributed by atoms with Crippen molar-refractivity contribution in [3.8, 4) is 0 Å². The fourth-order valence-corrected chi connectivity index (χ4v) is 4.60. The van der Waals surface area contributed by atoms with E-state index in [1.807, 2.05) is 18.2 Å². The maximum atomic E-state index is 13.4. The Morgan fingerprint density at radius 2 is 2.07 bits per heavy atom. The molecule has 0 radical (unpaired) electrons. The van der Waals surface area contributed by atoms with Gasteiger partial charge in [0.2, 0.25) is 5.92 Å². The minimum absolute atomic E-state index is 0.0298. The van der Waals surface area contributed by atoms with Crippen LogP contribution in [-0.2, 0) is 16.8 Å². The van der Waals surface area contributed by atoms with Crippen molar-refractivity contribution in [2.45, 2.75) is 89.2 Å². The zero-order valence-electron chi connectivity index (χ0n) is 17.3. The Hall–Kier alpha value is -1.82. The van der Waals surface area contributed by atoms with E-state index in [1.165, 1.54) is 6.42 Å². The second-order valence-electron chi connectivity index (χ2n) is 9.36. The van der Waals surface area contributed by atoms with E-state index in [1.54, 1.807) is 13.8 Å². The van der Waals surface area contributed by atoms with E-state index in [4.69, 9.17) is 4.98 Å². The second kappa shape index (κ2) is 7.46. The summed E-state index contributed by atoms with van der Waals surface area (Å²) in [5.41, 5.74) is 1.88. The van der Waals surface area contributed by atoms with E-state index < -0.39 is 17.4 Å². The first-order chi connectivity index (χ1) is 13.6. The van der Waals surface area contributed by atoms with Gasteiger partial charge < -0.3 is 9.67 Å². The van der Waals surface area contributed by atoms with Gasteiger partial charge in [0.1, 0.15) is 11.6 Å². The number of fused-ring (bicyclic) bond motifs is 1. The number of carbonyl (C=O) groups excluding carboxylic acids is 1. The van der Waals surface area contributed by atoms with Gasteiger partial charge in [0, 0.05) is 37.6 Å². The number of rotatable bonds is 7. The molecule has 0 spiro atoms. The van der Waals surface area contributed by atoms with Crippen LogP contribution in [0, 0.1) is 5.92 Å². The van der Waals surface area contributed by atoms with Crippen molar-refractivity contribution in [2.24, 2.45) is 5.92 Å². The van der Waals surface area contributed by atoms with Crippen molar-refractivity contribution in [1.29, 1.82) is 0 Å². The Morgan fingerprint density at radius 3 is 2.66 bits per heavy atom. The largest absolute Gasteiger partial charge is 0.386 e. The summed E-state index contributed by atoms with van der Waals surface area (Å²) in [6.45, 7) is 3.55. The van der Waals surface area contributed by atoms with Gasteiger partial charge in [0.05, 0.1) is 16.6 Å². The molecular formula is C23H30F2N2O2. The van der Waals surface area contributed by atoms with Crippen molar-refractivity contribution >= 4 is 16.8 Å². The number of ketones is 1. The fourth-order valence-electron chi connectivity index (χ4n) is 4.60. The lowest BCUT2D eigenvalue weighted by Crippen LogP contribution is -2.20. The van der Waals surface area contributed by atoms with Crippen LogP contribution in [-0.4, -0.2) is 26.4 Å². The van der Waals surface area contributed by atoms with E-state index in [-0.39, 0.29) is 18.6 Å². The molecule has 1 heterocycles. The Kier molecular flexibility index (Phi) is 5.26. The van der Waals surface area contributed by atoms with Crippen molar-refractivity contribution < 1.29 is 18.7 Å². The number of aliphatic hydroxyl groups is 1. The maximum Gasteiger partial charge on any atom is 0.248 e. The number of imidazole rings is 1. The summed E-state index contributed by atoms with van der Waals surface area (Å²) in [6, 6.07) is 6.30. The number of carbonyl (C=O) groups is 1. The van der Waals surface area contributed by atoms with Crippen LogP contribution in [0.4, 0.5) is 8.78 Å². The van der Waals surface area contributed by atoms with Gasteiger partial charge >= 0.3 is 0 Å². The summed E-state index contributed by atoms with van der Waals surface area (Å²) >= 11 is 0. The molecule has 158 valence electrons. The average Bonchev–Trinajstić information content (AvgIpc) is 3.13. The highest BCUT2D eigenvalue weighted by Crippen LogP contribution is 2.40. The molecule has 1 N–H and O–H groups in total. The second-order valence-corrected chi connectivity index (χ2v) is 9.36. The molecule has 1 aromatic carbocycles. The molecule has 0 amide bonds. The maximum absolute atomic E-state index is 13.4. The molecule has 2 aliphatic carbocycles. The molecule has 2 aromatic rings. The Balaban J connectivity index is 1.50. The molecule has 6 heteroatoms. The smallest absolute Gasteiger partial charge is 0.248 e. The van der Waals surface area contributed by atoms with Gasteiger partial charge in [-0.15, -0.1) is 0 Å². The number of nitrogens with zero attached hydrogens (tertiary/aromatic N) is 2. The molecule has 0 saturated heterocycles. The normalized spacial score (nSPS) is 22.2. The quantitative estimate of drug-likeness (QED) is 0.680. The van der Waals surface area contributed by atoms with Crippen LogP contribution < -0.4 is 0 Å². The lowest BCUT2D eigenvalue weighted by atomic mass is 9.92. The summed E-state index contributed by atoms with van der Waals surface area (Å²) in [6.07, 6.45) is 4.92. The molecule has 2 saturated carbocycles. The van der Waals surface area contributed by atoms with E-state index in [0.29, 0.717) is 31.7 Å². The molecule has 0 aliphatic heterocycles. The van der Waals surface area contributed by atoms with Crippen molar-refractivity contribution in [2.75, 3.05) is 0 Å². The topological polar surface area (TPSA) is 55.1 Å². The van der Waals surface area contributed by atoms with Gasteiger partial charge in [0.25, 0.3) is 0 Å². The summed E-state index contributed by atoms with van der Waals surface area (Å²) in [7, 11) is 0. The minimum atomic E-state index is -2.67. The minimum Gasteiger partial charge on any atom is -0.386 e. The number of benzene rings is 1. The first kappa shape index (κ1) is 20.5. The number of hydrogen-bond donors (Lipinski definition) is 1. The first-order valence-corrected chi connectivity index (χ1v) is 10.8. The molecule has 4 nitrogen and oxygen atoms in total. The lowest BCUT2D eigenvalue weighted by Gasteiger charge is -2.29. The zero-order valence-corrected chi connectivity index (χ0v) is 17.3. The number of alkyl halides is 2. The highest BCUT2D eigenvalue weighted by molar-refractivity contribution is 5.81. The molecule has 4 rings (SSSR count). The standard InChI is InChI=1S/C23H30F2N2O2/c1-22(2,29)16-9-10-18-19(13-16)27(17-5-3-6-17)21(26-18)8-4-7-20(28)15-11-12-23(24,25)14-15/h9-10,13,15,17,29H,3-8,11-12,14H2,1-2H3. The average molecular weight is 405 g/mol. The summed E-state index contributed by atoms with van der Waals surface area (Å²) in [4.78, 5) is 17.2. The Bertz CT molecular complexity index is 909. The number of Topliss-reactive ketones (excluding diaryl/α,β-unsaturated/α-hetero) is 1. The number of aromatic nitrogens is 2. The van der Waals surface area contributed by atoms with Gasteiger partial charge in [-0.05, 0) is 63.6 Å². The monoisotopic (exact) mass is 404 g/mol. The van der Waals surface area contributed by atoms with Crippen LogP contribution in [0.15, 0.2) is 18.2 Å². The summed E-state index contributed by atoms with van der Waals surface area (Å²) in [5.74, 6) is -2.22. The fraction of sp³-hybridized carbons (Fsp3) is 0.652. The van der Waals surface area contributed by atoms with Crippen LogP contribution >= 0.6 is 0 Å². The van der Waals surface area contributed by atoms with E-state index in [2.05, 4.69) is 4.57 Å². The summed E-state index contributed by atoms with van der Waals surface area (Å²) < 4.78 is 29.0. The Labute approximate surface area is 170 Å². The molecule has 2 aliphatic rings. The molecule has 1 aromatic heterocycles. The van der Waals surface area contributed by atoms with Gasteiger partial charge in [-0.2, -0.15) is 0 Å². The predicted molar refractivity (Wildman–Crippen MR) is 108 cm³/mol. The first-order valence-electron chi connectivity index (χ1n) is 10.8. The number of hydrogen-bond acceptors (Lipinski definition) is 3. The number of aryl methyl sites for hydroxylation is 1. The van der Waals surface area contributed by atoms with E-state index in [0.717, 1.165) is 35.3 Å². The van der Waals surface area contributed by atoms with Gasteiger partial charge in [-0.25, -0.2) is 13.8 Å². The van der Waals surface area contributed by atoms with Crippen molar-refractivity contribution in [3.05, 3.63) is 29.6 Å². The van der Waals surface area contributed by atoms with Gasteiger partial charge in [0.15, 0.2) is 0 Å². The van der Waals surface area contributed by atoms with Gasteiger partial charge in [-0.1, -0.05) is 6.07 Å². The third-order valence-corrected chi connectivity index (χ3v) is 6.59. The van der Waals surface area contributed by atoms with Crippen LogP contribution in [0.25, 0.3) is 11.0 Å². The molecule has 1 atom stereocenters. The van der Waals surface area contributed by atoms with Crippen LogP contribution in [0.3, 0.4) is 0 Å². The SMILES string of the molecule is CC(C)(O)c1ccc2nc(CCCC(=O)C3CCC(F)(F)C3)n(C3CCC3)c2c1. The number of halogens is 2. The molecule has 1 unspecified atom stereocenters. The zero-order chi connectivity index (χ0) is 20.8.